The van der Waals surface area contributed by atoms with Crippen molar-refractivity contribution in [2.75, 3.05) is 24.8 Å². The summed E-state index contributed by atoms with van der Waals surface area (Å²) in [5.74, 6) is -0.219. The number of carbonyl (C=O) groups is 1. The Kier molecular flexibility index (Phi) is 5.85. The van der Waals surface area contributed by atoms with Gasteiger partial charge in [-0.15, -0.1) is 0 Å². The Morgan fingerprint density at radius 1 is 1.43 bits per heavy atom. The standard InChI is InChI=1S/C15H21ClN2O3/c1-20-11-3-2-4-12(8-11)21-9-15(19)18-14-6-5-10(16)7-13(14)17/h5-7,11-12H,2-4,8-9,17H2,1H3,(H,18,19). The van der Waals surface area contributed by atoms with Crippen LogP contribution in [0.1, 0.15) is 25.7 Å². The van der Waals surface area contributed by atoms with Crippen molar-refractivity contribution >= 4 is 28.9 Å². The van der Waals surface area contributed by atoms with Crippen molar-refractivity contribution < 1.29 is 14.3 Å². The summed E-state index contributed by atoms with van der Waals surface area (Å²) in [5.41, 5.74) is 6.77. The van der Waals surface area contributed by atoms with Crippen molar-refractivity contribution in [1.82, 2.24) is 0 Å². The minimum Gasteiger partial charge on any atom is -0.397 e. The van der Waals surface area contributed by atoms with Crippen molar-refractivity contribution in [3.05, 3.63) is 23.2 Å². The summed E-state index contributed by atoms with van der Waals surface area (Å²) in [7, 11) is 1.71. The van der Waals surface area contributed by atoms with Gasteiger partial charge >= 0.3 is 0 Å². The second-order valence-electron chi connectivity index (χ2n) is 5.24. The van der Waals surface area contributed by atoms with Gasteiger partial charge in [0, 0.05) is 12.1 Å². The van der Waals surface area contributed by atoms with Gasteiger partial charge in [-0.05, 0) is 43.9 Å². The minimum atomic E-state index is -0.219. The first kappa shape index (κ1) is 16.1. The highest BCUT2D eigenvalue weighted by atomic mass is 35.5. The number of benzene rings is 1. The van der Waals surface area contributed by atoms with Crippen LogP contribution in [0, 0.1) is 0 Å². The van der Waals surface area contributed by atoms with E-state index in [0.717, 1.165) is 25.7 Å². The highest BCUT2D eigenvalue weighted by Crippen LogP contribution is 2.24. The van der Waals surface area contributed by atoms with E-state index in [1.807, 2.05) is 0 Å². The van der Waals surface area contributed by atoms with Gasteiger partial charge in [-0.25, -0.2) is 0 Å². The zero-order chi connectivity index (χ0) is 15.2. The van der Waals surface area contributed by atoms with Gasteiger partial charge in [0.25, 0.3) is 0 Å². The molecule has 1 saturated carbocycles. The molecule has 0 aromatic heterocycles. The second kappa shape index (κ2) is 7.64. The van der Waals surface area contributed by atoms with E-state index in [2.05, 4.69) is 5.32 Å². The molecule has 2 unspecified atom stereocenters. The molecule has 0 aliphatic heterocycles. The second-order valence-corrected chi connectivity index (χ2v) is 5.67. The van der Waals surface area contributed by atoms with Crippen molar-refractivity contribution in [2.24, 2.45) is 0 Å². The molecule has 0 saturated heterocycles. The molecule has 1 aliphatic rings. The fraction of sp³-hybridized carbons (Fsp3) is 0.533. The van der Waals surface area contributed by atoms with Crippen LogP contribution in [0.3, 0.4) is 0 Å². The van der Waals surface area contributed by atoms with E-state index in [0.29, 0.717) is 16.4 Å². The Bertz CT molecular complexity index is 496. The molecule has 6 heteroatoms. The number of carbonyl (C=O) groups excluding carboxylic acids is 1. The molecule has 2 atom stereocenters. The number of methoxy groups -OCH3 is 1. The smallest absolute Gasteiger partial charge is 0.250 e. The molecular formula is C15H21ClN2O3. The third kappa shape index (κ3) is 4.88. The Morgan fingerprint density at radius 3 is 2.90 bits per heavy atom. The van der Waals surface area contributed by atoms with E-state index in [4.69, 9.17) is 26.8 Å². The van der Waals surface area contributed by atoms with Gasteiger partial charge in [0.1, 0.15) is 6.61 Å². The molecule has 0 bridgehead atoms. The average molecular weight is 313 g/mol. The normalized spacial score (nSPS) is 22.0. The Morgan fingerprint density at radius 2 is 2.19 bits per heavy atom. The highest BCUT2D eigenvalue weighted by Gasteiger charge is 2.22. The number of rotatable bonds is 5. The van der Waals surface area contributed by atoms with Gasteiger partial charge < -0.3 is 20.5 Å². The van der Waals surface area contributed by atoms with Crippen LogP contribution in [0.5, 0.6) is 0 Å². The predicted molar refractivity (Wildman–Crippen MR) is 83.5 cm³/mol. The van der Waals surface area contributed by atoms with Gasteiger partial charge in [-0.2, -0.15) is 0 Å². The number of hydrogen-bond donors (Lipinski definition) is 2. The monoisotopic (exact) mass is 312 g/mol. The van der Waals surface area contributed by atoms with Gasteiger partial charge in [-0.3, -0.25) is 4.79 Å². The first-order valence-electron chi connectivity index (χ1n) is 7.07. The summed E-state index contributed by atoms with van der Waals surface area (Å²) in [6, 6.07) is 4.96. The van der Waals surface area contributed by atoms with Crippen LogP contribution < -0.4 is 11.1 Å². The van der Waals surface area contributed by atoms with Crippen LogP contribution in [0.25, 0.3) is 0 Å². The van der Waals surface area contributed by atoms with Crippen LogP contribution in [0.15, 0.2) is 18.2 Å². The van der Waals surface area contributed by atoms with E-state index >= 15 is 0 Å². The summed E-state index contributed by atoms with van der Waals surface area (Å²) in [5, 5.41) is 3.26. The molecule has 1 aliphatic carbocycles. The lowest BCUT2D eigenvalue weighted by atomic mass is 9.95. The molecule has 1 aromatic carbocycles. The lowest BCUT2D eigenvalue weighted by Gasteiger charge is -2.28. The molecule has 116 valence electrons. The first-order valence-corrected chi connectivity index (χ1v) is 7.45. The maximum atomic E-state index is 11.9. The summed E-state index contributed by atoms with van der Waals surface area (Å²) in [4.78, 5) is 11.9. The maximum Gasteiger partial charge on any atom is 0.250 e. The number of anilines is 2. The lowest BCUT2D eigenvalue weighted by Crippen LogP contribution is -2.30. The fourth-order valence-corrected chi connectivity index (χ4v) is 2.68. The van der Waals surface area contributed by atoms with Gasteiger partial charge in [-0.1, -0.05) is 11.6 Å². The van der Waals surface area contributed by atoms with Gasteiger partial charge in [0.05, 0.1) is 23.6 Å². The van der Waals surface area contributed by atoms with Crippen LogP contribution >= 0.6 is 11.6 Å². The third-order valence-corrected chi connectivity index (χ3v) is 3.88. The Balaban J connectivity index is 1.79. The van der Waals surface area contributed by atoms with Crippen LogP contribution in [-0.2, 0) is 14.3 Å². The van der Waals surface area contributed by atoms with E-state index < -0.39 is 0 Å². The zero-order valence-corrected chi connectivity index (χ0v) is 12.9. The largest absolute Gasteiger partial charge is 0.397 e. The molecular weight excluding hydrogens is 292 g/mol. The molecule has 1 fully saturated rings. The molecule has 21 heavy (non-hydrogen) atoms. The summed E-state index contributed by atoms with van der Waals surface area (Å²) >= 11 is 5.81. The van der Waals surface area contributed by atoms with Crippen LogP contribution in [-0.4, -0.2) is 31.8 Å². The summed E-state index contributed by atoms with van der Waals surface area (Å²) in [6.07, 6.45) is 4.25. The summed E-state index contributed by atoms with van der Waals surface area (Å²) in [6.45, 7) is 0.0170. The number of amides is 1. The van der Waals surface area contributed by atoms with Crippen LogP contribution in [0.4, 0.5) is 11.4 Å². The van der Waals surface area contributed by atoms with Crippen molar-refractivity contribution in [3.63, 3.8) is 0 Å². The average Bonchev–Trinajstić information content (AvgIpc) is 2.48. The number of hydrogen-bond acceptors (Lipinski definition) is 4. The lowest BCUT2D eigenvalue weighted by molar-refractivity contribution is -0.124. The third-order valence-electron chi connectivity index (χ3n) is 3.65. The Labute approximate surface area is 129 Å². The van der Waals surface area contributed by atoms with Crippen molar-refractivity contribution in [3.8, 4) is 0 Å². The molecule has 1 aromatic rings. The Hall–Kier alpha value is -1.30. The molecule has 0 radical (unpaired) electrons. The van der Waals surface area contributed by atoms with Gasteiger partial charge in [0.2, 0.25) is 5.91 Å². The fourth-order valence-electron chi connectivity index (χ4n) is 2.49. The molecule has 0 spiro atoms. The molecule has 0 heterocycles. The number of nitrogens with two attached hydrogens (primary N) is 1. The topological polar surface area (TPSA) is 73.6 Å². The number of halogens is 1. The molecule has 2 rings (SSSR count). The van der Waals surface area contributed by atoms with Crippen molar-refractivity contribution in [1.29, 1.82) is 0 Å². The molecule has 1 amide bonds. The van der Waals surface area contributed by atoms with E-state index in [1.165, 1.54) is 0 Å². The highest BCUT2D eigenvalue weighted by molar-refractivity contribution is 6.31. The first-order chi connectivity index (χ1) is 10.1. The minimum absolute atomic E-state index is 0.0170. The molecule has 5 nitrogen and oxygen atoms in total. The quantitative estimate of drug-likeness (QED) is 0.820. The van der Waals surface area contributed by atoms with Crippen LogP contribution in [0.2, 0.25) is 5.02 Å². The molecule has 3 N–H and O–H groups in total. The van der Waals surface area contributed by atoms with E-state index in [1.54, 1.807) is 25.3 Å². The van der Waals surface area contributed by atoms with Crippen molar-refractivity contribution in [2.45, 2.75) is 37.9 Å². The maximum absolute atomic E-state index is 11.9. The van der Waals surface area contributed by atoms with Gasteiger partial charge in [0.15, 0.2) is 0 Å². The van der Waals surface area contributed by atoms with E-state index in [9.17, 15) is 4.79 Å². The number of nitrogen functional groups attached to an aromatic ring is 1. The van der Waals surface area contributed by atoms with E-state index in [-0.39, 0.29) is 24.7 Å². The number of nitrogens with one attached hydrogen (secondary N) is 1. The SMILES string of the molecule is COC1CCCC(OCC(=O)Nc2ccc(Cl)cc2N)C1. The predicted octanol–water partition coefficient (Wildman–Crippen LogP) is 2.83. The zero-order valence-electron chi connectivity index (χ0n) is 12.1. The summed E-state index contributed by atoms with van der Waals surface area (Å²) < 4.78 is 11.0. The number of ether oxygens (including phenoxy) is 2.